The minimum Gasteiger partial charge on any atom is -0.508 e. The molecular weight excluding hydrogens is 242 g/mol. The number of fused-ring (bicyclic) bond motifs is 1. The number of aromatic hydroxyl groups is 1. The summed E-state index contributed by atoms with van der Waals surface area (Å²) in [5.74, 6) is 0.240. The molecule has 0 spiro atoms. The zero-order valence-corrected chi connectivity index (χ0v) is 10.6. The summed E-state index contributed by atoms with van der Waals surface area (Å²) in [5.41, 5.74) is 1.46. The van der Waals surface area contributed by atoms with Crippen molar-refractivity contribution in [2.45, 2.75) is 6.42 Å². The molecule has 2 heterocycles. The number of carbonyl (C=O) groups excluding carboxylic acids is 1. The molecule has 1 amide bonds. The van der Waals surface area contributed by atoms with Gasteiger partial charge >= 0.3 is 0 Å². The van der Waals surface area contributed by atoms with Gasteiger partial charge in [-0.1, -0.05) is 0 Å². The smallest absolute Gasteiger partial charge is 0.270 e. The molecular formula is C14H17N3O2. The van der Waals surface area contributed by atoms with Crippen LogP contribution in [0.15, 0.2) is 24.3 Å². The number of rotatable bonds is 1. The summed E-state index contributed by atoms with van der Waals surface area (Å²) in [6, 6.07) is 6.86. The maximum Gasteiger partial charge on any atom is 0.270 e. The molecule has 0 atom stereocenters. The molecule has 3 N–H and O–H groups in total. The van der Waals surface area contributed by atoms with Gasteiger partial charge in [0, 0.05) is 30.5 Å². The van der Waals surface area contributed by atoms with Gasteiger partial charge in [-0.2, -0.15) is 0 Å². The first kappa shape index (κ1) is 12.0. The third-order valence-electron chi connectivity index (χ3n) is 3.46. The molecule has 100 valence electrons. The SMILES string of the molecule is O=C(c1cc2cc(O)ccc2[nH]1)N1CCCNCC1. The van der Waals surface area contributed by atoms with Crippen LogP contribution in [0.2, 0.25) is 0 Å². The number of phenolic OH excluding ortho intramolecular Hbond substituents is 1. The van der Waals surface area contributed by atoms with Gasteiger partial charge in [-0.05, 0) is 37.2 Å². The van der Waals surface area contributed by atoms with Crippen molar-refractivity contribution in [2.75, 3.05) is 26.2 Å². The number of nitrogens with one attached hydrogen (secondary N) is 2. The fourth-order valence-corrected chi connectivity index (χ4v) is 2.45. The Morgan fingerprint density at radius 1 is 1.21 bits per heavy atom. The molecule has 0 bridgehead atoms. The van der Waals surface area contributed by atoms with Gasteiger partial charge in [0.2, 0.25) is 0 Å². The highest BCUT2D eigenvalue weighted by atomic mass is 16.3. The molecule has 5 nitrogen and oxygen atoms in total. The third-order valence-corrected chi connectivity index (χ3v) is 3.46. The quantitative estimate of drug-likeness (QED) is 0.723. The number of phenols is 1. The van der Waals surface area contributed by atoms with Gasteiger partial charge in [0.05, 0.1) is 0 Å². The average molecular weight is 259 g/mol. The van der Waals surface area contributed by atoms with E-state index in [2.05, 4.69) is 10.3 Å². The van der Waals surface area contributed by atoms with E-state index in [1.54, 1.807) is 24.3 Å². The van der Waals surface area contributed by atoms with Crippen LogP contribution in [0.4, 0.5) is 0 Å². The fourth-order valence-electron chi connectivity index (χ4n) is 2.45. The van der Waals surface area contributed by atoms with Crippen LogP contribution >= 0.6 is 0 Å². The summed E-state index contributed by atoms with van der Waals surface area (Å²) in [4.78, 5) is 17.4. The van der Waals surface area contributed by atoms with Crippen molar-refractivity contribution in [3.63, 3.8) is 0 Å². The molecule has 5 heteroatoms. The van der Waals surface area contributed by atoms with Crippen molar-refractivity contribution in [1.82, 2.24) is 15.2 Å². The number of nitrogens with zero attached hydrogens (tertiary/aromatic N) is 1. The van der Waals surface area contributed by atoms with Crippen molar-refractivity contribution in [3.05, 3.63) is 30.0 Å². The highest BCUT2D eigenvalue weighted by Gasteiger charge is 2.18. The summed E-state index contributed by atoms with van der Waals surface area (Å²) in [6.07, 6.45) is 0.979. The van der Waals surface area contributed by atoms with Crippen LogP contribution in [0.25, 0.3) is 10.9 Å². The summed E-state index contributed by atoms with van der Waals surface area (Å²) in [7, 11) is 0. The second-order valence-corrected chi connectivity index (χ2v) is 4.85. The normalized spacial score (nSPS) is 16.5. The predicted molar refractivity (Wildman–Crippen MR) is 73.4 cm³/mol. The molecule has 19 heavy (non-hydrogen) atoms. The third kappa shape index (κ3) is 2.42. The molecule has 1 aliphatic heterocycles. The van der Waals surface area contributed by atoms with E-state index in [1.165, 1.54) is 0 Å². The first-order valence-corrected chi connectivity index (χ1v) is 6.56. The minimum absolute atomic E-state index is 0.0272. The lowest BCUT2D eigenvalue weighted by Crippen LogP contribution is -2.34. The number of H-pyrrole nitrogens is 1. The largest absolute Gasteiger partial charge is 0.508 e. The van der Waals surface area contributed by atoms with Gasteiger partial charge in [-0.3, -0.25) is 4.79 Å². The second-order valence-electron chi connectivity index (χ2n) is 4.85. The Labute approximate surface area is 111 Å². The Kier molecular flexibility index (Phi) is 3.13. The first-order valence-electron chi connectivity index (χ1n) is 6.56. The van der Waals surface area contributed by atoms with Crippen molar-refractivity contribution in [2.24, 2.45) is 0 Å². The maximum atomic E-state index is 12.4. The summed E-state index contributed by atoms with van der Waals surface area (Å²) in [5, 5.41) is 13.6. The molecule has 0 unspecified atom stereocenters. The number of hydrogen-bond acceptors (Lipinski definition) is 3. The summed E-state index contributed by atoms with van der Waals surface area (Å²) in [6.45, 7) is 3.32. The molecule has 1 saturated heterocycles. The summed E-state index contributed by atoms with van der Waals surface area (Å²) >= 11 is 0. The van der Waals surface area contributed by atoms with E-state index in [4.69, 9.17) is 0 Å². The predicted octanol–water partition coefficient (Wildman–Crippen LogP) is 1.31. The number of benzene rings is 1. The van der Waals surface area contributed by atoms with E-state index in [-0.39, 0.29) is 11.7 Å². The van der Waals surface area contributed by atoms with Crippen LogP contribution in [0.5, 0.6) is 5.75 Å². The number of aromatic nitrogens is 1. The van der Waals surface area contributed by atoms with Crippen LogP contribution in [-0.4, -0.2) is 47.1 Å². The van der Waals surface area contributed by atoms with E-state index in [1.807, 2.05) is 4.90 Å². The lowest BCUT2D eigenvalue weighted by Gasteiger charge is -2.18. The monoisotopic (exact) mass is 259 g/mol. The molecule has 2 aromatic rings. The Balaban J connectivity index is 1.88. The zero-order chi connectivity index (χ0) is 13.2. The average Bonchev–Trinajstić information content (AvgIpc) is 2.64. The van der Waals surface area contributed by atoms with Crippen LogP contribution < -0.4 is 5.32 Å². The Morgan fingerprint density at radius 2 is 2.11 bits per heavy atom. The van der Waals surface area contributed by atoms with Gasteiger partial charge in [0.25, 0.3) is 5.91 Å². The van der Waals surface area contributed by atoms with Crippen LogP contribution in [-0.2, 0) is 0 Å². The van der Waals surface area contributed by atoms with E-state index < -0.39 is 0 Å². The van der Waals surface area contributed by atoms with E-state index in [9.17, 15) is 9.90 Å². The molecule has 3 rings (SSSR count). The van der Waals surface area contributed by atoms with Crippen molar-refractivity contribution in [1.29, 1.82) is 0 Å². The number of aromatic amines is 1. The molecule has 0 aliphatic carbocycles. The van der Waals surface area contributed by atoms with Crippen LogP contribution in [0.1, 0.15) is 16.9 Å². The summed E-state index contributed by atoms with van der Waals surface area (Å²) < 4.78 is 0. The molecule has 1 aliphatic rings. The van der Waals surface area contributed by atoms with Gasteiger partial charge in [0.1, 0.15) is 11.4 Å². The van der Waals surface area contributed by atoms with Crippen molar-refractivity contribution in [3.8, 4) is 5.75 Å². The minimum atomic E-state index is 0.0272. The van der Waals surface area contributed by atoms with Crippen LogP contribution in [0, 0.1) is 0 Å². The molecule has 1 aromatic carbocycles. The zero-order valence-electron chi connectivity index (χ0n) is 10.6. The first-order chi connectivity index (χ1) is 9.24. The molecule has 1 fully saturated rings. The van der Waals surface area contributed by atoms with E-state index in [0.717, 1.165) is 43.5 Å². The van der Waals surface area contributed by atoms with Gasteiger partial charge in [-0.25, -0.2) is 0 Å². The lowest BCUT2D eigenvalue weighted by atomic mass is 10.2. The molecule has 0 radical (unpaired) electrons. The Morgan fingerprint density at radius 3 is 3.00 bits per heavy atom. The number of carbonyl (C=O) groups is 1. The van der Waals surface area contributed by atoms with Crippen molar-refractivity contribution >= 4 is 16.8 Å². The standard InChI is InChI=1S/C14H17N3O2/c18-11-2-3-12-10(8-11)9-13(16-12)14(19)17-6-1-4-15-5-7-17/h2-3,8-9,15-16,18H,1,4-7H2. The molecule has 0 saturated carbocycles. The number of amides is 1. The van der Waals surface area contributed by atoms with Crippen molar-refractivity contribution < 1.29 is 9.90 Å². The highest BCUT2D eigenvalue weighted by Crippen LogP contribution is 2.21. The van der Waals surface area contributed by atoms with Gasteiger partial charge < -0.3 is 20.3 Å². The van der Waals surface area contributed by atoms with E-state index >= 15 is 0 Å². The number of hydrogen-bond donors (Lipinski definition) is 3. The Bertz CT molecular complexity index is 598. The van der Waals surface area contributed by atoms with Crippen LogP contribution in [0.3, 0.4) is 0 Å². The maximum absolute atomic E-state index is 12.4. The Hall–Kier alpha value is -2.01. The van der Waals surface area contributed by atoms with E-state index in [0.29, 0.717) is 5.69 Å². The second kappa shape index (κ2) is 4.93. The van der Waals surface area contributed by atoms with Gasteiger partial charge in [-0.15, -0.1) is 0 Å². The fraction of sp³-hybridized carbons (Fsp3) is 0.357. The van der Waals surface area contributed by atoms with Gasteiger partial charge in [0.15, 0.2) is 0 Å². The topological polar surface area (TPSA) is 68.4 Å². The highest BCUT2D eigenvalue weighted by molar-refractivity contribution is 5.98. The molecule has 1 aromatic heterocycles. The lowest BCUT2D eigenvalue weighted by molar-refractivity contribution is 0.0761.